The fourth-order valence-corrected chi connectivity index (χ4v) is 8.42. The number of phenolic OH excluding ortho intramolecular Hbond substituents is 2. The van der Waals surface area contributed by atoms with E-state index < -0.39 is 12.9 Å². The van der Waals surface area contributed by atoms with Crippen molar-refractivity contribution in [2.75, 3.05) is 21.3 Å². The molecule has 0 saturated carbocycles. The van der Waals surface area contributed by atoms with Crippen LogP contribution in [0.2, 0.25) is 0 Å². The predicted molar refractivity (Wildman–Crippen MR) is 176 cm³/mol. The molecule has 0 aromatic heterocycles. The van der Waals surface area contributed by atoms with Crippen LogP contribution in [0.25, 0.3) is 0 Å². The molecule has 0 atom stereocenters. The number of phenols is 2. The Labute approximate surface area is 256 Å². The van der Waals surface area contributed by atoms with Crippen molar-refractivity contribution in [3.8, 4) is 23.0 Å². The topological polar surface area (TPSA) is 102 Å². The Morgan fingerprint density at radius 1 is 0.568 bits per heavy atom. The first-order chi connectivity index (χ1) is 21.3. The predicted octanol–water partition coefficient (Wildman–Crippen LogP) is 5.57. The lowest BCUT2D eigenvalue weighted by Crippen LogP contribution is -2.28. The average molecular weight is 609 g/mol. The normalized spacial score (nSPS) is 10.5. The van der Waals surface area contributed by atoms with Gasteiger partial charge in [0.05, 0.1) is 26.9 Å². The van der Waals surface area contributed by atoms with Crippen LogP contribution >= 0.6 is 6.89 Å². The zero-order valence-electron chi connectivity index (χ0n) is 24.6. The second kappa shape index (κ2) is 14.8. The Bertz CT molecular complexity index is 1670. The molecular weight excluding hydrogens is 575 g/mol. The summed E-state index contributed by atoms with van der Waals surface area (Å²) >= 11 is 0. The molecule has 0 radical (unpaired) electrons. The number of esters is 1. The first kappa shape index (κ1) is 31.7. The molecule has 5 aromatic carbocycles. The van der Waals surface area contributed by atoms with Gasteiger partial charge in [0.2, 0.25) is 0 Å². The number of ether oxygens (including phenoxy) is 3. The number of methoxy groups -OCH3 is 3. The van der Waals surface area contributed by atoms with Gasteiger partial charge in [0, 0.05) is 0 Å². The molecule has 0 amide bonds. The second-order valence-corrected chi connectivity index (χ2v) is 12.7. The van der Waals surface area contributed by atoms with E-state index in [2.05, 4.69) is 41.1 Å². The van der Waals surface area contributed by atoms with Crippen LogP contribution in [0.5, 0.6) is 23.0 Å². The van der Waals surface area contributed by atoms with Gasteiger partial charge in [-0.2, -0.15) is 0 Å². The van der Waals surface area contributed by atoms with Crippen molar-refractivity contribution in [1.29, 1.82) is 0 Å². The van der Waals surface area contributed by atoms with Gasteiger partial charge >= 0.3 is 5.97 Å². The summed E-state index contributed by atoms with van der Waals surface area (Å²) in [6.07, 6.45) is 0. The van der Waals surface area contributed by atoms with Crippen LogP contribution in [-0.4, -0.2) is 49.1 Å². The van der Waals surface area contributed by atoms with Crippen molar-refractivity contribution in [1.82, 2.24) is 0 Å². The van der Waals surface area contributed by atoms with Crippen LogP contribution in [0.1, 0.15) is 20.7 Å². The van der Waals surface area contributed by atoms with Crippen molar-refractivity contribution in [3.63, 3.8) is 0 Å². The lowest BCUT2D eigenvalue weighted by molar-refractivity contribution is 0.0597. The molecule has 0 aliphatic heterocycles. The lowest BCUT2D eigenvalue weighted by atomic mass is 10.1. The third kappa shape index (κ3) is 7.02. The molecule has 0 saturated heterocycles. The number of hydrogen-bond donors (Lipinski definition) is 2. The maximum atomic E-state index is 13.6. The van der Waals surface area contributed by atoms with Gasteiger partial charge in [0.15, 0.2) is 5.78 Å². The summed E-state index contributed by atoms with van der Waals surface area (Å²) in [7, 11) is 4.27. The Morgan fingerprint density at radius 2 is 0.955 bits per heavy atom. The van der Waals surface area contributed by atoms with Crippen molar-refractivity contribution in [2.45, 2.75) is 0 Å². The first-order valence-electron chi connectivity index (χ1n) is 13.6. The summed E-state index contributed by atoms with van der Waals surface area (Å²) in [5.74, 6) is 1.83. The molecule has 224 valence electrons. The second-order valence-electron chi connectivity index (χ2n) is 9.48. The third-order valence-corrected chi connectivity index (χ3v) is 10.8. The highest BCUT2D eigenvalue weighted by Gasteiger charge is 2.27. The van der Waals surface area contributed by atoms with Crippen molar-refractivity contribution in [2.24, 2.45) is 0 Å². The van der Waals surface area contributed by atoms with Crippen LogP contribution < -0.4 is 25.4 Å². The molecule has 0 unspecified atom stereocenters. The van der Waals surface area contributed by atoms with Gasteiger partial charge in [0.25, 0.3) is 0 Å². The summed E-state index contributed by atoms with van der Waals surface area (Å²) in [6, 6.07) is 39.4. The van der Waals surface area contributed by atoms with Gasteiger partial charge in [-0.1, -0.05) is 91.0 Å². The van der Waals surface area contributed by atoms with E-state index in [0.717, 1.165) is 15.9 Å². The fourth-order valence-electron chi connectivity index (χ4n) is 4.66. The molecule has 0 fully saturated rings. The first-order valence-corrected chi connectivity index (χ1v) is 15.5. The molecular formula is C36H33O7P. The quantitative estimate of drug-likeness (QED) is 0.135. The van der Waals surface area contributed by atoms with Crippen LogP contribution in [0, 0.1) is 0 Å². The number of rotatable bonds is 8. The standard InChI is InChI=1S/C27H23O3P.C9H10O4/c1-30-21-17-18-26(28)25(19-21)27(29)20-31(22-11-5-2-6-12-22,23-13-7-3-8-14-23)24-15-9-4-10-16-24;1-12-6-3-4-8(10)7(5-6)9(11)13-2/h2-20,28H,1H3;3-5,10H,1-2H3. The summed E-state index contributed by atoms with van der Waals surface area (Å²) in [4.78, 5) is 24.7. The van der Waals surface area contributed by atoms with E-state index in [0.29, 0.717) is 11.5 Å². The molecule has 5 aromatic rings. The van der Waals surface area contributed by atoms with E-state index in [1.165, 1.54) is 32.4 Å². The van der Waals surface area contributed by atoms with Gasteiger partial charge < -0.3 is 24.4 Å². The summed E-state index contributed by atoms with van der Waals surface area (Å²) in [6.45, 7) is -2.44. The molecule has 44 heavy (non-hydrogen) atoms. The highest BCUT2D eigenvalue weighted by molar-refractivity contribution is 7.95. The molecule has 0 aliphatic rings. The van der Waals surface area contributed by atoms with Crippen molar-refractivity contribution >= 4 is 40.3 Å². The Morgan fingerprint density at radius 3 is 1.34 bits per heavy atom. The smallest absolute Gasteiger partial charge is 0.341 e. The van der Waals surface area contributed by atoms with Crippen LogP contribution in [0.3, 0.4) is 0 Å². The van der Waals surface area contributed by atoms with E-state index in [1.807, 2.05) is 60.4 Å². The maximum Gasteiger partial charge on any atom is 0.341 e. The zero-order chi connectivity index (χ0) is 31.5. The minimum absolute atomic E-state index is 0.0608. The van der Waals surface area contributed by atoms with E-state index >= 15 is 0 Å². The molecule has 7 nitrogen and oxygen atoms in total. The van der Waals surface area contributed by atoms with E-state index in [9.17, 15) is 19.8 Å². The average Bonchev–Trinajstić information content (AvgIpc) is 3.08. The number of ketones is 1. The fraction of sp³-hybridized carbons (Fsp3) is 0.0833. The molecule has 0 heterocycles. The number of benzene rings is 5. The number of hydrogen-bond acceptors (Lipinski definition) is 7. The number of Topliss-reactive ketones (excluding diaryl/α,β-unsaturated/α-hetero) is 1. The van der Waals surface area contributed by atoms with Gasteiger partial charge in [-0.15, -0.1) is 0 Å². The van der Waals surface area contributed by atoms with Gasteiger partial charge in [-0.05, 0) is 65.0 Å². The molecule has 2 N–H and O–H groups in total. The van der Waals surface area contributed by atoms with Gasteiger partial charge in [-0.25, -0.2) is 4.79 Å². The summed E-state index contributed by atoms with van der Waals surface area (Å²) in [5, 5.41) is 22.9. The molecule has 0 bridgehead atoms. The van der Waals surface area contributed by atoms with E-state index in [1.54, 1.807) is 25.3 Å². The largest absolute Gasteiger partial charge is 0.507 e. The minimum atomic E-state index is -2.44. The summed E-state index contributed by atoms with van der Waals surface area (Å²) in [5.41, 5.74) is 0.327. The molecule has 5 rings (SSSR count). The SMILES string of the molecule is COC(=O)c1cc(OC)ccc1O.COc1ccc(O)c(C(=O)C=P(c2ccccc2)(c2ccccc2)c2ccccc2)c1. The lowest BCUT2D eigenvalue weighted by Gasteiger charge is -2.28. The maximum absolute atomic E-state index is 13.6. The third-order valence-electron chi connectivity index (χ3n) is 6.88. The van der Waals surface area contributed by atoms with E-state index in [4.69, 9.17) is 9.47 Å². The van der Waals surface area contributed by atoms with Crippen LogP contribution in [0.15, 0.2) is 127 Å². The molecule has 8 heteroatoms. The van der Waals surface area contributed by atoms with Gasteiger partial charge in [-0.3, -0.25) is 4.79 Å². The van der Waals surface area contributed by atoms with Crippen LogP contribution in [0.4, 0.5) is 0 Å². The zero-order valence-corrected chi connectivity index (χ0v) is 25.5. The number of aromatic hydroxyl groups is 2. The van der Waals surface area contributed by atoms with E-state index in [-0.39, 0.29) is 28.4 Å². The summed E-state index contributed by atoms with van der Waals surface area (Å²) < 4.78 is 14.6. The van der Waals surface area contributed by atoms with Gasteiger partial charge in [0.1, 0.15) is 28.6 Å². The van der Waals surface area contributed by atoms with Crippen molar-refractivity contribution in [3.05, 3.63) is 139 Å². The van der Waals surface area contributed by atoms with Crippen LogP contribution in [-0.2, 0) is 4.74 Å². The van der Waals surface area contributed by atoms with Crippen molar-refractivity contribution < 1.29 is 34.0 Å². The Hall–Kier alpha value is -5.26. The monoisotopic (exact) mass is 608 g/mol. The Balaban J connectivity index is 0.000000285. The number of carbonyl (C=O) groups excluding carboxylic acids is 2. The minimum Gasteiger partial charge on any atom is -0.507 e. The molecule has 0 spiro atoms. The number of carbonyl (C=O) groups is 2. The highest BCUT2D eigenvalue weighted by Crippen LogP contribution is 2.44. The Kier molecular flexibility index (Phi) is 10.6. The highest BCUT2D eigenvalue weighted by atomic mass is 31.2. The molecule has 0 aliphatic carbocycles.